The maximum atomic E-state index is 10.5. The Labute approximate surface area is 83.3 Å². The predicted octanol–water partition coefficient (Wildman–Crippen LogP) is 2.81. The molecule has 0 radical (unpaired) electrons. The zero-order valence-electron chi connectivity index (χ0n) is 5.79. The van der Waals surface area contributed by atoms with Gasteiger partial charge < -0.3 is 0 Å². The van der Waals surface area contributed by atoms with Crippen molar-refractivity contribution >= 4 is 37.7 Å². The third kappa shape index (κ3) is 3.67. The van der Waals surface area contributed by atoms with Crippen LogP contribution in [0.4, 0.5) is 0 Å². The molecule has 0 N–H and O–H groups in total. The molecule has 3 heteroatoms. The van der Waals surface area contributed by atoms with Crippen LogP contribution in [0, 0.1) is 0 Å². The fourth-order valence-corrected chi connectivity index (χ4v) is 1.63. The largest absolute Gasteiger partial charge is 0.283 e. The SMILES string of the molecule is O=C(I)/C=C/Cc1cccs1. The predicted molar refractivity (Wildman–Crippen MR) is 56.2 cm³/mol. The zero-order valence-corrected chi connectivity index (χ0v) is 8.76. The lowest BCUT2D eigenvalue weighted by Gasteiger charge is -1.84. The number of hydrogen-bond donors (Lipinski definition) is 0. The second kappa shape index (κ2) is 4.66. The Balaban J connectivity index is 2.40. The minimum atomic E-state index is 0.0826. The van der Waals surface area contributed by atoms with Crippen LogP contribution in [-0.4, -0.2) is 3.79 Å². The molecule has 1 rings (SSSR count). The molecule has 0 aromatic carbocycles. The normalized spacial score (nSPS) is 10.6. The first-order valence-corrected chi connectivity index (χ1v) is 5.13. The Kier molecular flexibility index (Phi) is 3.79. The van der Waals surface area contributed by atoms with Crippen LogP contribution in [0.3, 0.4) is 0 Å². The van der Waals surface area contributed by atoms with Crippen LogP contribution in [0.1, 0.15) is 4.88 Å². The van der Waals surface area contributed by atoms with E-state index in [1.54, 1.807) is 40.0 Å². The summed E-state index contributed by atoms with van der Waals surface area (Å²) in [6.45, 7) is 0. The highest BCUT2D eigenvalue weighted by Crippen LogP contribution is 2.09. The number of halogens is 1. The van der Waals surface area contributed by atoms with Crippen LogP contribution >= 0.6 is 33.9 Å². The van der Waals surface area contributed by atoms with E-state index >= 15 is 0 Å². The van der Waals surface area contributed by atoms with Gasteiger partial charge in [-0.15, -0.1) is 11.3 Å². The number of thiophene rings is 1. The van der Waals surface area contributed by atoms with E-state index in [-0.39, 0.29) is 3.79 Å². The van der Waals surface area contributed by atoms with Crippen LogP contribution in [-0.2, 0) is 11.2 Å². The van der Waals surface area contributed by atoms with Gasteiger partial charge in [0.1, 0.15) is 0 Å². The topological polar surface area (TPSA) is 17.1 Å². The lowest BCUT2D eigenvalue weighted by atomic mass is 10.3. The number of hydrogen-bond acceptors (Lipinski definition) is 2. The fraction of sp³-hybridized carbons (Fsp3) is 0.125. The van der Waals surface area contributed by atoms with Gasteiger partial charge in [-0.3, -0.25) is 4.79 Å². The molecule has 11 heavy (non-hydrogen) atoms. The zero-order chi connectivity index (χ0) is 8.10. The second-order valence-electron chi connectivity index (χ2n) is 1.99. The summed E-state index contributed by atoms with van der Waals surface area (Å²) in [5.74, 6) is 0. The highest BCUT2D eigenvalue weighted by Gasteiger charge is 1.89. The van der Waals surface area contributed by atoms with E-state index in [2.05, 4.69) is 6.07 Å². The summed E-state index contributed by atoms with van der Waals surface area (Å²) in [6.07, 6.45) is 4.35. The molecule has 0 fully saturated rings. The van der Waals surface area contributed by atoms with E-state index in [4.69, 9.17) is 0 Å². The minimum Gasteiger partial charge on any atom is -0.283 e. The van der Waals surface area contributed by atoms with Gasteiger partial charge in [-0.2, -0.15) is 0 Å². The van der Waals surface area contributed by atoms with E-state index < -0.39 is 0 Å². The maximum Gasteiger partial charge on any atom is 0.214 e. The minimum absolute atomic E-state index is 0.0826. The van der Waals surface area contributed by atoms with Crippen molar-refractivity contribution in [2.75, 3.05) is 0 Å². The molecule has 0 aliphatic rings. The highest BCUT2D eigenvalue weighted by molar-refractivity contribution is 14.1. The van der Waals surface area contributed by atoms with Gasteiger partial charge in [-0.05, 0) is 17.5 Å². The van der Waals surface area contributed by atoms with Crippen molar-refractivity contribution in [1.29, 1.82) is 0 Å². The number of carbonyl (C=O) groups is 1. The van der Waals surface area contributed by atoms with Gasteiger partial charge in [0.2, 0.25) is 3.79 Å². The van der Waals surface area contributed by atoms with Gasteiger partial charge in [0.05, 0.1) is 0 Å². The summed E-state index contributed by atoms with van der Waals surface area (Å²) >= 11 is 3.47. The van der Waals surface area contributed by atoms with E-state index in [0.29, 0.717) is 0 Å². The quantitative estimate of drug-likeness (QED) is 0.472. The van der Waals surface area contributed by atoms with Gasteiger partial charge in [-0.1, -0.05) is 12.1 Å². The first kappa shape index (κ1) is 8.93. The van der Waals surface area contributed by atoms with Crippen molar-refractivity contribution in [3.8, 4) is 0 Å². The monoisotopic (exact) mass is 278 g/mol. The average molecular weight is 278 g/mol. The molecule has 0 saturated heterocycles. The molecule has 0 amide bonds. The Morgan fingerprint density at radius 3 is 3.09 bits per heavy atom. The molecule has 0 atom stereocenters. The van der Waals surface area contributed by atoms with Crippen LogP contribution in [0.5, 0.6) is 0 Å². The molecule has 1 aromatic rings. The summed E-state index contributed by atoms with van der Waals surface area (Å²) in [7, 11) is 0. The molecule has 0 aliphatic heterocycles. The molecule has 0 bridgehead atoms. The smallest absolute Gasteiger partial charge is 0.214 e. The summed E-state index contributed by atoms with van der Waals surface area (Å²) in [5.41, 5.74) is 0. The first-order chi connectivity index (χ1) is 5.29. The van der Waals surface area contributed by atoms with E-state index in [1.807, 2.05) is 17.5 Å². The Morgan fingerprint density at radius 2 is 2.55 bits per heavy atom. The van der Waals surface area contributed by atoms with Crippen molar-refractivity contribution in [2.45, 2.75) is 6.42 Å². The van der Waals surface area contributed by atoms with Crippen LogP contribution in [0.15, 0.2) is 29.7 Å². The van der Waals surface area contributed by atoms with Crippen LogP contribution in [0.25, 0.3) is 0 Å². The highest BCUT2D eigenvalue weighted by atomic mass is 127. The lowest BCUT2D eigenvalue weighted by molar-refractivity contribution is -0.105. The van der Waals surface area contributed by atoms with Crippen molar-refractivity contribution < 1.29 is 4.79 Å². The first-order valence-electron chi connectivity index (χ1n) is 3.17. The maximum absolute atomic E-state index is 10.5. The summed E-state index contributed by atoms with van der Waals surface area (Å²) in [4.78, 5) is 11.8. The molecule has 1 nitrogen and oxygen atoms in total. The van der Waals surface area contributed by atoms with Crippen LogP contribution in [0.2, 0.25) is 0 Å². The third-order valence-electron chi connectivity index (χ3n) is 1.15. The van der Waals surface area contributed by atoms with Gasteiger partial charge in [0, 0.05) is 33.9 Å². The van der Waals surface area contributed by atoms with Crippen molar-refractivity contribution in [1.82, 2.24) is 0 Å². The van der Waals surface area contributed by atoms with E-state index in [9.17, 15) is 4.79 Å². The summed E-state index contributed by atoms with van der Waals surface area (Å²) in [5, 5.41) is 2.04. The molecule has 1 aromatic heterocycles. The van der Waals surface area contributed by atoms with Crippen molar-refractivity contribution in [3.05, 3.63) is 34.5 Å². The van der Waals surface area contributed by atoms with Gasteiger partial charge in [-0.25, -0.2) is 0 Å². The molecule has 0 spiro atoms. The number of rotatable bonds is 3. The van der Waals surface area contributed by atoms with Crippen molar-refractivity contribution in [2.24, 2.45) is 0 Å². The lowest BCUT2D eigenvalue weighted by Crippen LogP contribution is -1.76. The Morgan fingerprint density at radius 1 is 1.73 bits per heavy atom. The van der Waals surface area contributed by atoms with Gasteiger partial charge in [0.15, 0.2) is 0 Å². The summed E-state index contributed by atoms with van der Waals surface area (Å²) in [6, 6.07) is 4.08. The molecule has 58 valence electrons. The van der Waals surface area contributed by atoms with E-state index in [0.717, 1.165) is 6.42 Å². The molecular formula is C8H7IOS. The average Bonchev–Trinajstić information content (AvgIpc) is 2.39. The molecule has 0 unspecified atom stereocenters. The van der Waals surface area contributed by atoms with E-state index in [1.165, 1.54) is 4.88 Å². The number of allylic oxidation sites excluding steroid dienone is 2. The molecular weight excluding hydrogens is 271 g/mol. The third-order valence-corrected chi connectivity index (χ3v) is 2.41. The Bertz CT molecular complexity index is 251. The van der Waals surface area contributed by atoms with Crippen molar-refractivity contribution in [3.63, 3.8) is 0 Å². The molecule has 1 heterocycles. The van der Waals surface area contributed by atoms with Gasteiger partial charge in [0.25, 0.3) is 0 Å². The van der Waals surface area contributed by atoms with Crippen LogP contribution < -0.4 is 0 Å². The molecule has 0 saturated carbocycles. The summed E-state index contributed by atoms with van der Waals surface area (Å²) < 4.78 is 0.0826. The number of carbonyl (C=O) groups excluding carboxylic acids is 1. The Hall–Kier alpha value is -0.160. The molecule has 0 aliphatic carbocycles. The standard InChI is InChI=1S/C8H7IOS/c9-8(10)5-1-3-7-4-2-6-11-7/h1-2,4-6H,3H2/b5-1+. The van der Waals surface area contributed by atoms with Gasteiger partial charge >= 0.3 is 0 Å². The fourth-order valence-electron chi connectivity index (χ4n) is 0.696. The second-order valence-corrected chi connectivity index (χ2v) is 4.09.